The Morgan fingerprint density at radius 1 is 0.869 bits per heavy atom. The van der Waals surface area contributed by atoms with Crippen LogP contribution in [-0.4, -0.2) is 94.6 Å². The maximum atomic E-state index is 14.6. The normalized spacial score (nSPS) is 16.0. The summed E-state index contributed by atoms with van der Waals surface area (Å²) in [4.78, 5) is 101. The molecule has 1 aromatic carbocycles. The highest BCUT2D eigenvalue weighted by molar-refractivity contribution is 7.89. The van der Waals surface area contributed by atoms with Gasteiger partial charge in [-0.15, -0.1) is 0 Å². The molecule has 1 aromatic heterocycles. The lowest BCUT2D eigenvalue weighted by molar-refractivity contribution is -0.142. The van der Waals surface area contributed by atoms with Crippen LogP contribution in [0.1, 0.15) is 108 Å². The molecule has 1 heterocycles. The van der Waals surface area contributed by atoms with Crippen molar-refractivity contribution < 1.29 is 55.2 Å². The molecule has 6 amide bonds. The molecule has 1 fully saturated rings. The third-order valence-electron chi connectivity index (χ3n) is 10.4. The number of ketones is 1. The maximum Gasteiger partial charge on any atom is 0.416 e. The molecule has 336 valence electrons. The third-order valence-corrected chi connectivity index (χ3v) is 12.1. The van der Waals surface area contributed by atoms with Crippen LogP contribution in [0.4, 0.5) is 13.2 Å². The molecular formula is C40H55F3N8O9S. The number of nitrogens with two attached hydrogens (primary N) is 1. The van der Waals surface area contributed by atoms with E-state index in [0.717, 1.165) is 19.3 Å². The quantitative estimate of drug-likeness (QED) is 0.120. The molecule has 1 unspecified atom stereocenters. The van der Waals surface area contributed by atoms with Crippen LogP contribution in [-0.2, 0) is 45.0 Å². The molecule has 0 saturated heterocycles. The smallest absolute Gasteiger partial charge is 0.342 e. The summed E-state index contributed by atoms with van der Waals surface area (Å²) >= 11 is 0. The van der Waals surface area contributed by atoms with Crippen LogP contribution in [0.2, 0.25) is 0 Å². The average molecular weight is 881 g/mol. The van der Waals surface area contributed by atoms with Gasteiger partial charge in [-0.3, -0.25) is 43.9 Å². The maximum absolute atomic E-state index is 14.6. The zero-order valence-electron chi connectivity index (χ0n) is 34.8. The number of nitrogens with zero attached hydrogens (tertiary/aromatic N) is 3. The summed E-state index contributed by atoms with van der Waals surface area (Å²) in [5, 5.41) is 9.60. The van der Waals surface area contributed by atoms with Crippen LogP contribution in [0.15, 0.2) is 47.8 Å². The summed E-state index contributed by atoms with van der Waals surface area (Å²) in [6.45, 7) is 7.08. The molecule has 0 radical (unpaired) electrons. The molecule has 17 nitrogen and oxygen atoms in total. The van der Waals surface area contributed by atoms with E-state index in [1.54, 1.807) is 19.2 Å². The molecule has 1 aliphatic rings. The summed E-state index contributed by atoms with van der Waals surface area (Å²) < 4.78 is 68.6. The minimum atomic E-state index is -5.21. The number of sulfonamides is 1. The second-order valence-corrected chi connectivity index (χ2v) is 17.4. The number of hydrogen-bond acceptors (Lipinski definition) is 12. The zero-order valence-corrected chi connectivity index (χ0v) is 35.6. The van der Waals surface area contributed by atoms with Gasteiger partial charge in [0.2, 0.25) is 23.5 Å². The van der Waals surface area contributed by atoms with Gasteiger partial charge in [-0.25, -0.2) is 17.7 Å². The van der Waals surface area contributed by atoms with Crippen molar-refractivity contribution in [2.24, 2.45) is 23.5 Å². The molecule has 0 aliphatic heterocycles. The second-order valence-electron chi connectivity index (χ2n) is 15.5. The first-order valence-corrected chi connectivity index (χ1v) is 21.6. The standard InChI is InChI=1S/C40H55F3N8O9S/c1-6-24(5)33(50-35(54)29(19-23(3)4)47-36(55)31-21-45-17-18-46-31)37(56)48-30(20-25-11-9-8-10-12-25)39(58)51(22-32(52)49-38(57)34(53)28(44)7-2)61(59,60)27-15-13-26(14-16-27)40(41,42)43/h13-18,21,23-25,28-30,33H,6-12,19-20,22,44H2,1-5H3,(H,47,55)(H,48,56)(H,50,54)(H,49,52,57)/t24-,28?,29-,30-,33-/m0/s1. The van der Waals surface area contributed by atoms with Gasteiger partial charge in [0.25, 0.3) is 27.7 Å². The number of benzene rings is 1. The van der Waals surface area contributed by atoms with Gasteiger partial charge in [0, 0.05) is 12.4 Å². The number of halogens is 3. The highest BCUT2D eigenvalue weighted by atomic mass is 32.2. The van der Waals surface area contributed by atoms with E-state index >= 15 is 0 Å². The minimum Gasteiger partial charge on any atom is -0.342 e. The molecule has 1 aliphatic carbocycles. The summed E-state index contributed by atoms with van der Waals surface area (Å²) in [5.41, 5.74) is 4.36. The number of imide groups is 1. The number of carbonyl (C=O) groups excluding carboxylic acids is 7. The van der Waals surface area contributed by atoms with Crippen LogP contribution in [0, 0.1) is 17.8 Å². The molecular weight excluding hydrogens is 826 g/mol. The van der Waals surface area contributed by atoms with E-state index < -0.39 is 105 Å². The summed E-state index contributed by atoms with van der Waals surface area (Å²) in [5.74, 6) is -8.81. The highest BCUT2D eigenvalue weighted by Gasteiger charge is 2.41. The molecule has 0 bridgehead atoms. The lowest BCUT2D eigenvalue weighted by Gasteiger charge is -2.32. The van der Waals surface area contributed by atoms with Crippen molar-refractivity contribution in [2.45, 2.75) is 128 Å². The predicted octanol–water partition coefficient (Wildman–Crippen LogP) is 2.79. The number of rotatable bonds is 20. The van der Waals surface area contributed by atoms with Crippen molar-refractivity contribution in [1.29, 1.82) is 0 Å². The van der Waals surface area contributed by atoms with E-state index in [2.05, 4.69) is 25.9 Å². The molecule has 1 saturated carbocycles. The van der Waals surface area contributed by atoms with E-state index in [1.807, 2.05) is 13.8 Å². The van der Waals surface area contributed by atoms with Crippen molar-refractivity contribution in [3.8, 4) is 0 Å². The first-order chi connectivity index (χ1) is 28.6. The SMILES string of the molecule is CCC(N)C(=O)C(=O)NC(=O)CN(C(=O)[C@H](CC1CCCCC1)NC(=O)[C@@H](NC(=O)[C@H](CC(C)C)NC(=O)c1cnccn1)[C@@H](C)CC)S(=O)(=O)c1ccc(C(F)(F)F)cc1. The number of Topliss-reactive ketones (excluding diaryl/α,β-unsaturated/α-hetero) is 1. The number of hydrogen-bond donors (Lipinski definition) is 5. The number of alkyl halides is 3. The number of aromatic nitrogens is 2. The van der Waals surface area contributed by atoms with Gasteiger partial charge < -0.3 is 21.7 Å². The Kier molecular flexibility index (Phi) is 18.5. The van der Waals surface area contributed by atoms with Crippen LogP contribution in [0.3, 0.4) is 0 Å². The molecule has 2 aromatic rings. The van der Waals surface area contributed by atoms with Crippen LogP contribution in [0.5, 0.6) is 0 Å². The topological polar surface area (TPSA) is 257 Å². The van der Waals surface area contributed by atoms with Crippen LogP contribution >= 0.6 is 0 Å². The first kappa shape index (κ1) is 50.0. The lowest BCUT2D eigenvalue weighted by atomic mass is 9.84. The molecule has 6 N–H and O–H groups in total. The molecule has 61 heavy (non-hydrogen) atoms. The van der Waals surface area contributed by atoms with Crippen LogP contribution < -0.4 is 27.0 Å². The fourth-order valence-corrected chi connectivity index (χ4v) is 8.04. The average Bonchev–Trinajstić information content (AvgIpc) is 3.23. The van der Waals surface area contributed by atoms with E-state index in [9.17, 15) is 55.2 Å². The summed E-state index contributed by atoms with van der Waals surface area (Å²) in [7, 11) is -5.21. The van der Waals surface area contributed by atoms with Crippen molar-refractivity contribution in [3.63, 3.8) is 0 Å². The molecule has 5 atom stereocenters. The largest absolute Gasteiger partial charge is 0.416 e. The zero-order chi connectivity index (χ0) is 45.7. The number of carbonyl (C=O) groups is 7. The van der Waals surface area contributed by atoms with E-state index in [4.69, 9.17) is 5.73 Å². The van der Waals surface area contributed by atoms with Gasteiger partial charge in [-0.05, 0) is 61.3 Å². The van der Waals surface area contributed by atoms with Gasteiger partial charge in [-0.1, -0.05) is 73.1 Å². The molecule has 21 heteroatoms. The van der Waals surface area contributed by atoms with Gasteiger partial charge in [-0.2, -0.15) is 13.2 Å². The Labute approximate surface area is 353 Å². The Bertz CT molecular complexity index is 1980. The molecule has 3 rings (SSSR count). The van der Waals surface area contributed by atoms with Crippen LogP contribution in [0.25, 0.3) is 0 Å². The fourth-order valence-electron chi connectivity index (χ4n) is 6.66. The van der Waals surface area contributed by atoms with Crippen molar-refractivity contribution in [1.82, 2.24) is 35.5 Å². The Hall–Kier alpha value is -5.31. The summed E-state index contributed by atoms with van der Waals surface area (Å²) in [6, 6.07) is -3.39. The Morgan fingerprint density at radius 3 is 2.05 bits per heavy atom. The van der Waals surface area contributed by atoms with E-state index in [-0.39, 0.29) is 41.1 Å². The highest BCUT2D eigenvalue weighted by Crippen LogP contribution is 2.31. The number of nitrogens with one attached hydrogen (secondary N) is 4. The summed E-state index contributed by atoms with van der Waals surface area (Å²) in [6.07, 6.45) is 2.96. The third kappa shape index (κ3) is 14.4. The van der Waals surface area contributed by atoms with E-state index in [1.165, 1.54) is 25.5 Å². The molecule has 0 spiro atoms. The predicted molar refractivity (Wildman–Crippen MR) is 214 cm³/mol. The Balaban J connectivity index is 2.05. The van der Waals surface area contributed by atoms with E-state index in [0.29, 0.717) is 43.5 Å². The fraction of sp³-hybridized carbons (Fsp3) is 0.575. The van der Waals surface area contributed by atoms with Crippen molar-refractivity contribution >= 4 is 51.2 Å². The minimum absolute atomic E-state index is 0.0178. The van der Waals surface area contributed by atoms with Gasteiger partial charge >= 0.3 is 6.18 Å². The second kappa shape index (κ2) is 22.5. The Morgan fingerprint density at radius 2 is 1.51 bits per heavy atom. The lowest BCUT2D eigenvalue weighted by Crippen LogP contribution is -2.60. The van der Waals surface area contributed by atoms with Crippen molar-refractivity contribution in [3.05, 3.63) is 54.1 Å². The first-order valence-electron chi connectivity index (χ1n) is 20.2. The van der Waals surface area contributed by atoms with Gasteiger partial charge in [0.15, 0.2) is 0 Å². The monoisotopic (exact) mass is 880 g/mol. The van der Waals surface area contributed by atoms with Gasteiger partial charge in [0.05, 0.1) is 22.7 Å². The van der Waals surface area contributed by atoms with Crippen molar-refractivity contribution in [2.75, 3.05) is 6.54 Å². The number of amides is 6. The van der Waals surface area contributed by atoms with Gasteiger partial charge in [0.1, 0.15) is 30.4 Å².